The van der Waals surface area contributed by atoms with E-state index in [2.05, 4.69) is 25.8 Å². The zero-order chi connectivity index (χ0) is 21.3. The van der Waals surface area contributed by atoms with E-state index in [0.29, 0.717) is 6.42 Å². The predicted molar refractivity (Wildman–Crippen MR) is 125 cm³/mol. The Bertz CT molecular complexity index is 1290. The van der Waals surface area contributed by atoms with Gasteiger partial charge in [-0.25, -0.2) is 4.98 Å². The van der Waals surface area contributed by atoms with Gasteiger partial charge >= 0.3 is 0 Å². The van der Waals surface area contributed by atoms with Crippen LogP contribution in [0.15, 0.2) is 59.4 Å². The summed E-state index contributed by atoms with van der Waals surface area (Å²) >= 11 is 1.59. The lowest BCUT2D eigenvalue weighted by Gasteiger charge is -2.17. The second kappa shape index (κ2) is 7.92. The van der Waals surface area contributed by atoms with E-state index in [4.69, 9.17) is 4.98 Å². The van der Waals surface area contributed by atoms with E-state index in [-0.39, 0.29) is 16.7 Å². The minimum atomic E-state index is -0.142. The molecule has 4 aromatic rings. The molecule has 0 unspecified atom stereocenters. The lowest BCUT2D eigenvalue weighted by Crippen LogP contribution is -2.17. The SMILES string of the molecule is CC(C)(C)c1nc(/C=C\c2ccccc2O)sc1Cc1cc2ccccc2[nH]c1=O. The fraction of sp³-hybridized carbons (Fsp3) is 0.200. The first-order valence-electron chi connectivity index (χ1n) is 9.88. The van der Waals surface area contributed by atoms with Crippen LogP contribution >= 0.6 is 11.3 Å². The van der Waals surface area contributed by atoms with Gasteiger partial charge in [0.15, 0.2) is 0 Å². The molecule has 152 valence electrons. The molecule has 0 saturated heterocycles. The number of aromatic nitrogens is 2. The van der Waals surface area contributed by atoms with E-state index in [0.717, 1.165) is 37.6 Å². The summed E-state index contributed by atoms with van der Waals surface area (Å²) in [6.07, 6.45) is 4.32. The average molecular weight is 417 g/mol. The molecule has 0 amide bonds. The van der Waals surface area contributed by atoms with Crippen molar-refractivity contribution in [2.24, 2.45) is 0 Å². The third-order valence-corrected chi connectivity index (χ3v) is 5.97. The topological polar surface area (TPSA) is 66.0 Å². The average Bonchev–Trinajstić information content (AvgIpc) is 3.11. The number of aromatic amines is 1. The van der Waals surface area contributed by atoms with Crippen LogP contribution in [-0.4, -0.2) is 15.1 Å². The van der Waals surface area contributed by atoms with Crippen LogP contribution in [0.4, 0.5) is 0 Å². The molecule has 0 fully saturated rings. The first-order valence-corrected chi connectivity index (χ1v) is 10.7. The van der Waals surface area contributed by atoms with Crippen LogP contribution < -0.4 is 5.56 Å². The van der Waals surface area contributed by atoms with E-state index < -0.39 is 0 Å². The van der Waals surface area contributed by atoms with Gasteiger partial charge in [-0.05, 0) is 35.7 Å². The van der Waals surface area contributed by atoms with Crippen molar-refractivity contribution in [3.63, 3.8) is 0 Å². The van der Waals surface area contributed by atoms with Crippen LogP contribution in [0.2, 0.25) is 0 Å². The van der Waals surface area contributed by atoms with Crippen LogP contribution in [0, 0.1) is 0 Å². The van der Waals surface area contributed by atoms with Crippen LogP contribution in [0.5, 0.6) is 5.75 Å². The molecule has 0 saturated carbocycles. The van der Waals surface area contributed by atoms with Crippen molar-refractivity contribution in [3.8, 4) is 5.75 Å². The van der Waals surface area contributed by atoms with Crippen molar-refractivity contribution >= 4 is 34.4 Å². The van der Waals surface area contributed by atoms with E-state index in [1.807, 2.05) is 54.6 Å². The van der Waals surface area contributed by atoms with Crippen molar-refractivity contribution in [3.05, 3.63) is 91.7 Å². The summed E-state index contributed by atoms with van der Waals surface area (Å²) in [5.74, 6) is 0.240. The number of H-pyrrole nitrogens is 1. The molecule has 30 heavy (non-hydrogen) atoms. The van der Waals surface area contributed by atoms with Crippen molar-refractivity contribution in [2.45, 2.75) is 32.6 Å². The van der Waals surface area contributed by atoms with Gasteiger partial charge in [0, 0.05) is 33.4 Å². The highest BCUT2D eigenvalue weighted by molar-refractivity contribution is 7.12. The number of thiazole rings is 1. The van der Waals surface area contributed by atoms with Gasteiger partial charge < -0.3 is 10.1 Å². The normalized spacial score (nSPS) is 12.1. The Balaban J connectivity index is 1.72. The molecule has 2 aromatic carbocycles. The molecule has 2 N–H and O–H groups in total. The number of para-hydroxylation sites is 2. The number of fused-ring (bicyclic) bond motifs is 1. The van der Waals surface area contributed by atoms with Gasteiger partial charge in [-0.1, -0.05) is 57.2 Å². The molecule has 0 radical (unpaired) electrons. The number of phenols is 1. The second-order valence-corrected chi connectivity index (χ2v) is 9.47. The molecular weight excluding hydrogens is 392 g/mol. The molecule has 0 atom stereocenters. The van der Waals surface area contributed by atoms with E-state index in [9.17, 15) is 9.90 Å². The predicted octanol–water partition coefficient (Wildman–Crippen LogP) is 5.75. The molecule has 4 rings (SSSR count). The Morgan fingerprint density at radius 3 is 2.57 bits per heavy atom. The highest BCUT2D eigenvalue weighted by atomic mass is 32.1. The van der Waals surface area contributed by atoms with Crippen molar-refractivity contribution in [2.75, 3.05) is 0 Å². The Morgan fingerprint density at radius 1 is 1.07 bits per heavy atom. The Kier molecular flexibility index (Phi) is 5.31. The summed E-state index contributed by atoms with van der Waals surface area (Å²) < 4.78 is 0. The van der Waals surface area contributed by atoms with E-state index in [1.165, 1.54) is 0 Å². The van der Waals surface area contributed by atoms with Crippen LogP contribution in [0.1, 0.15) is 47.5 Å². The monoisotopic (exact) mass is 416 g/mol. The Labute approximate surface area is 179 Å². The fourth-order valence-electron chi connectivity index (χ4n) is 3.43. The summed E-state index contributed by atoms with van der Waals surface area (Å²) in [6.45, 7) is 6.39. The second-order valence-electron chi connectivity index (χ2n) is 8.35. The summed E-state index contributed by atoms with van der Waals surface area (Å²) in [5, 5.41) is 11.9. The number of pyridine rings is 1. The van der Waals surface area contributed by atoms with Gasteiger partial charge in [0.2, 0.25) is 0 Å². The highest BCUT2D eigenvalue weighted by Crippen LogP contribution is 2.32. The van der Waals surface area contributed by atoms with Crippen LogP contribution in [0.25, 0.3) is 23.1 Å². The minimum absolute atomic E-state index is 0.0618. The maximum atomic E-state index is 12.6. The summed E-state index contributed by atoms with van der Waals surface area (Å²) in [6, 6.07) is 17.0. The summed E-state index contributed by atoms with van der Waals surface area (Å²) in [4.78, 5) is 21.6. The number of hydrogen-bond donors (Lipinski definition) is 2. The minimum Gasteiger partial charge on any atom is -0.507 e. The standard InChI is InChI=1S/C25H24N2O2S/c1-25(2,3)23-21(15-18-14-17-9-4-6-10-19(17)26-24(18)29)30-22(27-23)13-12-16-8-5-7-11-20(16)28/h4-14,28H,15H2,1-3H3,(H,26,29)/b13-12-. The largest absolute Gasteiger partial charge is 0.507 e. The van der Waals surface area contributed by atoms with Gasteiger partial charge in [0.1, 0.15) is 10.8 Å². The molecule has 2 heterocycles. The Hall–Kier alpha value is -3.18. The molecule has 0 aliphatic heterocycles. The lowest BCUT2D eigenvalue weighted by molar-refractivity contribution is 0.474. The highest BCUT2D eigenvalue weighted by Gasteiger charge is 2.23. The van der Waals surface area contributed by atoms with Gasteiger partial charge in [0.05, 0.1) is 5.69 Å². The molecule has 5 heteroatoms. The van der Waals surface area contributed by atoms with Crippen LogP contribution in [0.3, 0.4) is 0 Å². The molecule has 0 spiro atoms. The van der Waals surface area contributed by atoms with Crippen molar-refractivity contribution in [1.29, 1.82) is 0 Å². The molecule has 0 aliphatic carbocycles. The Morgan fingerprint density at radius 2 is 1.80 bits per heavy atom. The molecular formula is C25H24N2O2S. The fourth-order valence-corrected chi connectivity index (χ4v) is 4.64. The molecule has 2 aromatic heterocycles. The number of nitrogens with zero attached hydrogens (tertiary/aromatic N) is 1. The quantitative estimate of drug-likeness (QED) is 0.445. The number of aromatic hydroxyl groups is 1. The van der Waals surface area contributed by atoms with Crippen molar-refractivity contribution in [1.82, 2.24) is 9.97 Å². The van der Waals surface area contributed by atoms with Gasteiger partial charge in [-0.15, -0.1) is 11.3 Å². The zero-order valence-corrected chi connectivity index (χ0v) is 18.1. The van der Waals surface area contributed by atoms with Crippen molar-refractivity contribution < 1.29 is 5.11 Å². The van der Waals surface area contributed by atoms with Gasteiger partial charge in [-0.2, -0.15) is 0 Å². The summed E-state index contributed by atoms with van der Waals surface area (Å²) in [7, 11) is 0. The number of phenolic OH excluding ortho intramolecular Hbond substituents is 1. The van der Waals surface area contributed by atoms with Gasteiger partial charge in [0.25, 0.3) is 5.56 Å². The smallest absolute Gasteiger partial charge is 0.251 e. The van der Waals surface area contributed by atoms with Crippen LogP contribution in [-0.2, 0) is 11.8 Å². The van der Waals surface area contributed by atoms with E-state index >= 15 is 0 Å². The number of rotatable bonds is 4. The van der Waals surface area contributed by atoms with E-state index in [1.54, 1.807) is 23.5 Å². The third kappa shape index (κ3) is 4.21. The number of nitrogens with one attached hydrogen (secondary N) is 1. The molecule has 0 aliphatic rings. The summed E-state index contributed by atoms with van der Waals surface area (Å²) in [5.41, 5.74) is 3.12. The first kappa shape index (κ1) is 20.1. The third-order valence-electron chi connectivity index (χ3n) is 4.95. The van der Waals surface area contributed by atoms with Gasteiger partial charge in [-0.3, -0.25) is 4.79 Å². The molecule has 4 nitrogen and oxygen atoms in total. The zero-order valence-electron chi connectivity index (χ0n) is 17.3. The maximum Gasteiger partial charge on any atom is 0.251 e. The number of benzene rings is 2. The maximum absolute atomic E-state index is 12.6. The number of hydrogen-bond acceptors (Lipinski definition) is 4. The first-order chi connectivity index (χ1) is 14.3. The molecule has 0 bridgehead atoms. The lowest BCUT2D eigenvalue weighted by atomic mass is 9.90.